The van der Waals surface area contributed by atoms with Crippen LogP contribution >= 0.6 is 11.6 Å². The SMILES string of the molecule is O=[N+]([O-])c1ccc(S(=O)(=O)Oc2ccc(OS(=O)(=O)c3ccc([N+](=O)[O-])cc3)c(Cl)c2)cc1. The van der Waals surface area contributed by atoms with Crippen molar-refractivity contribution in [1.82, 2.24) is 0 Å². The van der Waals surface area contributed by atoms with Crippen molar-refractivity contribution in [1.29, 1.82) is 0 Å². The number of nitro groups is 2. The van der Waals surface area contributed by atoms with Crippen molar-refractivity contribution in [2.24, 2.45) is 0 Å². The van der Waals surface area contributed by atoms with Gasteiger partial charge in [0.1, 0.15) is 15.5 Å². The van der Waals surface area contributed by atoms with Crippen molar-refractivity contribution in [2.75, 3.05) is 0 Å². The van der Waals surface area contributed by atoms with Gasteiger partial charge in [-0.3, -0.25) is 20.2 Å². The van der Waals surface area contributed by atoms with Gasteiger partial charge in [-0.05, 0) is 36.4 Å². The molecule has 12 nitrogen and oxygen atoms in total. The molecule has 0 aliphatic heterocycles. The fraction of sp³-hybridized carbons (Fsp3) is 0. The molecule has 15 heteroatoms. The van der Waals surface area contributed by atoms with Crippen LogP contribution in [0.2, 0.25) is 5.02 Å². The summed E-state index contributed by atoms with van der Waals surface area (Å²) < 4.78 is 59.3. The van der Waals surface area contributed by atoms with Gasteiger partial charge in [-0.15, -0.1) is 0 Å². The molecule has 0 aromatic heterocycles. The molecular weight excluding hydrogens is 504 g/mol. The van der Waals surface area contributed by atoms with E-state index in [4.69, 9.17) is 20.0 Å². The van der Waals surface area contributed by atoms with Crippen LogP contribution in [-0.2, 0) is 20.2 Å². The van der Waals surface area contributed by atoms with Gasteiger partial charge in [0.2, 0.25) is 0 Å². The normalized spacial score (nSPS) is 11.5. The van der Waals surface area contributed by atoms with Crippen molar-refractivity contribution >= 4 is 43.2 Å². The topological polar surface area (TPSA) is 173 Å². The fourth-order valence-corrected chi connectivity index (χ4v) is 4.54. The van der Waals surface area contributed by atoms with E-state index < -0.39 is 30.1 Å². The second-order valence-electron chi connectivity index (χ2n) is 6.17. The first-order valence-electron chi connectivity index (χ1n) is 8.56. The number of hydrogen-bond donors (Lipinski definition) is 0. The predicted octanol–water partition coefficient (Wildman–Crippen LogP) is 3.69. The molecule has 0 heterocycles. The monoisotopic (exact) mass is 514 g/mol. The molecule has 33 heavy (non-hydrogen) atoms. The van der Waals surface area contributed by atoms with E-state index in [0.717, 1.165) is 66.7 Å². The molecule has 0 radical (unpaired) electrons. The quantitative estimate of drug-likeness (QED) is 0.245. The molecule has 0 spiro atoms. The second kappa shape index (κ2) is 9.01. The van der Waals surface area contributed by atoms with Crippen molar-refractivity contribution < 1.29 is 35.0 Å². The van der Waals surface area contributed by atoms with Crippen LogP contribution in [-0.4, -0.2) is 26.7 Å². The maximum atomic E-state index is 12.4. The Hall–Kier alpha value is -3.75. The molecule has 3 aromatic carbocycles. The van der Waals surface area contributed by atoms with Crippen LogP contribution < -0.4 is 8.37 Å². The maximum Gasteiger partial charge on any atom is 0.339 e. The number of nitro benzene ring substituents is 2. The van der Waals surface area contributed by atoms with Gasteiger partial charge >= 0.3 is 20.2 Å². The second-order valence-corrected chi connectivity index (χ2v) is 9.67. The van der Waals surface area contributed by atoms with E-state index in [2.05, 4.69) is 0 Å². The van der Waals surface area contributed by atoms with Gasteiger partial charge in [0.25, 0.3) is 11.4 Å². The zero-order chi connectivity index (χ0) is 24.4. The standard InChI is InChI=1S/C18H11ClN2O10S2/c19-17-11-14(30-32(26,27)15-6-1-12(2-7-15)20(22)23)5-10-18(17)31-33(28,29)16-8-3-13(4-9-16)21(24)25/h1-11H. The van der Waals surface area contributed by atoms with Crippen LogP contribution in [0.5, 0.6) is 11.5 Å². The number of hydrogen-bond acceptors (Lipinski definition) is 10. The molecule has 0 fully saturated rings. The van der Waals surface area contributed by atoms with E-state index in [1.807, 2.05) is 0 Å². The Morgan fingerprint density at radius 2 is 1.09 bits per heavy atom. The third kappa shape index (κ3) is 5.54. The summed E-state index contributed by atoms with van der Waals surface area (Å²) in [5.74, 6) is -0.631. The summed E-state index contributed by atoms with van der Waals surface area (Å²) in [5, 5.41) is 21.1. The first kappa shape index (κ1) is 23.9. The van der Waals surface area contributed by atoms with Gasteiger partial charge in [-0.25, -0.2) is 0 Å². The minimum absolute atomic E-state index is 0.279. The fourth-order valence-electron chi connectivity index (χ4n) is 2.41. The molecule has 3 rings (SSSR count). The summed E-state index contributed by atoms with van der Waals surface area (Å²) in [6.45, 7) is 0. The van der Waals surface area contributed by atoms with E-state index in [0.29, 0.717) is 0 Å². The smallest absolute Gasteiger partial charge is 0.339 e. The Morgan fingerprint density at radius 1 is 0.667 bits per heavy atom. The lowest BCUT2D eigenvalue weighted by molar-refractivity contribution is -0.385. The van der Waals surface area contributed by atoms with Crippen molar-refractivity contribution in [3.05, 3.63) is 92.0 Å². The van der Waals surface area contributed by atoms with Crippen LogP contribution in [0.3, 0.4) is 0 Å². The van der Waals surface area contributed by atoms with Crippen LogP contribution in [0.15, 0.2) is 76.5 Å². The summed E-state index contributed by atoms with van der Waals surface area (Å²) in [6.07, 6.45) is 0. The number of non-ortho nitro benzene ring substituents is 2. The summed E-state index contributed by atoms with van der Waals surface area (Å²) in [4.78, 5) is 19.3. The highest BCUT2D eigenvalue weighted by Crippen LogP contribution is 2.32. The zero-order valence-corrected chi connectivity index (χ0v) is 18.4. The van der Waals surface area contributed by atoms with Crippen LogP contribution in [0.4, 0.5) is 11.4 Å². The third-order valence-corrected chi connectivity index (χ3v) is 6.79. The number of halogens is 1. The lowest BCUT2D eigenvalue weighted by Gasteiger charge is -2.11. The lowest BCUT2D eigenvalue weighted by atomic mass is 10.3. The van der Waals surface area contributed by atoms with Gasteiger partial charge < -0.3 is 8.37 Å². The van der Waals surface area contributed by atoms with Crippen LogP contribution in [0.25, 0.3) is 0 Å². The molecule has 0 N–H and O–H groups in total. The van der Waals surface area contributed by atoms with E-state index in [9.17, 15) is 37.1 Å². The highest BCUT2D eigenvalue weighted by Gasteiger charge is 2.22. The van der Waals surface area contributed by atoms with E-state index >= 15 is 0 Å². The first-order valence-corrected chi connectivity index (χ1v) is 11.8. The van der Waals surface area contributed by atoms with Crippen LogP contribution in [0.1, 0.15) is 0 Å². The first-order chi connectivity index (χ1) is 15.4. The molecule has 0 atom stereocenters. The average Bonchev–Trinajstić information content (AvgIpc) is 2.75. The summed E-state index contributed by atoms with van der Waals surface area (Å²) in [5.41, 5.74) is -0.629. The van der Waals surface area contributed by atoms with Crippen molar-refractivity contribution in [3.63, 3.8) is 0 Å². The summed E-state index contributed by atoms with van der Waals surface area (Å²) in [6, 6.07) is 11.0. The summed E-state index contributed by atoms with van der Waals surface area (Å²) >= 11 is 5.99. The molecule has 0 saturated carbocycles. The third-order valence-electron chi connectivity index (χ3n) is 3.98. The molecule has 3 aromatic rings. The van der Waals surface area contributed by atoms with Gasteiger partial charge in [0, 0.05) is 30.3 Å². The number of rotatable bonds is 8. The Labute approximate surface area is 191 Å². The number of nitrogens with zero attached hydrogens (tertiary/aromatic N) is 2. The highest BCUT2D eigenvalue weighted by molar-refractivity contribution is 7.87. The zero-order valence-electron chi connectivity index (χ0n) is 16.0. The molecule has 0 amide bonds. The van der Waals surface area contributed by atoms with Crippen molar-refractivity contribution in [3.8, 4) is 11.5 Å². The predicted molar refractivity (Wildman–Crippen MR) is 113 cm³/mol. The summed E-state index contributed by atoms with van der Waals surface area (Å²) in [7, 11) is -8.77. The van der Waals surface area contributed by atoms with E-state index in [1.54, 1.807) is 0 Å². The molecule has 0 saturated heterocycles. The average molecular weight is 515 g/mol. The number of benzene rings is 3. The molecular formula is C18H11ClN2O10S2. The van der Waals surface area contributed by atoms with Gasteiger partial charge in [-0.1, -0.05) is 11.6 Å². The van der Waals surface area contributed by atoms with Crippen LogP contribution in [0, 0.1) is 20.2 Å². The lowest BCUT2D eigenvalue weighted by Crippen LogP contribution is -2.11. The minimum Gasteiger partial charge on any atom is -0.379 e. The van der Waals surface area contributed by atoms with Crippen molar-refractivity contribution in [2.45, 2.75) is 9.79 Å². The highest BCUT2D eigenvalue weighted by atomic mass is 35.5. The Morgan fingerprint density at radius 3 is 1.48 bits per heavy atom. The van der Waals surface area contributed by atoms with Gasteiger partial charge in [-0.2, -0.15) is 16.8 Å². The van der Waals surface area contributed by atoms with Gasteiger partial charge in [0.05, 0.1) is 14.9 Å². The maximum absolute atomic E-state index is 12.4. The molecule has 0 aliphatic rings. The Bertz CT molecular complexity index is 1440. The molecule has 172 valence electrons. The van der Waals surface area contributed by atoms with Gasteiger partial charge in [0.15, 0.2) is 5.75 Å². The minimum atomic E-state index is -4.40. The van der Waals surface area contributed by atoms with E-state index in [-0.39, 0.29) is 37.7 Å². The Kier molecular flexibility index (Phi) is 6.53. The molecule has 0 bridgehead atoms. The van der Waals surface area contributed by atoms with E-state index in [1.165, 1.54) is 0 Å². The largest absolute Gasteiger partial charge is 0.379 e. The molecule has 0 aliphatic carbocycles. The Balaban J connectivity index is 1.79. The molecule has 0 unspecified atom stereocenters.